The minimum atomic E-state index is -0.122. The molecule has 3 aliphatic rings. The van der Waals surface area contributed by atoms with Crippen LogP contribution in [0, 0.1) is 17.8 Å². The zero-order valence-electron chi connectivity index (χ0n) is 11.2. The van der Waals surface area contributed by atoms with Crippen molar-refractivity contribution in [3.05, 3.63) is 0 Å². The van der Waals surface area contributed by atoms with E-state index >= 15 is 0 Å². The fourth-order valence-electron chi connectivity index (χ4n) is 3.79. The Hall–Kier alpha value is -1.39. The second-order valence-corrected chi connectivity index (χ2v) is 6.00. The van der Waals surface area contributed by atoms with Crippen molar-refractivity contribution in [1.29, 1.82) is 0 Å². The molecule has 0 aromatic heterocycles. The van der Waals surface area contributed by atoms with E-state index in [1.807, 2.05) is 0 Å². The topological polar surface area (TPSA) is 66.5 Å². The van der Waals surface area contributed by atoms with E-state index in [2.05, 4.69) is 12.2 Å². The third-order valence-corrected chi connectivity index (χ3v) is 4.95. The van der Waals surface area contributed by atoms with Crippen LogP contribution in [0.3, 0.4) is 0 Å². The summed E-state index contributed by atoms with van der Waals surface area (Å²) in [7, 11) is 0. The number of carbonyl (C=O) groups is 3. The molecule has 1 N–H and O–H groups in total. The van der Waals surface area contributed by atoms with Gasteiger partial charge in [-0.05, 0) is 25.2 Å². The molecule has 2 aliphatic heterocycles. The largest absolute Gasteiger partial charge is 0.354 e. The summed E-state index contributed by atoms with van der Waals surface area (Å²) in [5.74, 6) is 0.377. The van der Waals surface area contributed by atoms with Gasteiger partial charge in [0.05, 0.1) is 17.9 Å². The van der Waals surface area contributed by atoms with E-state index in [0.717, 1.165) is 19.3 Å². The lowest BCUT2D eigenvalue weighted by Crippen LogP contribution is -2.50. The van der Waals surface area contributed by atoms with Crippen LogP contribution in [0.4, 0.5) is 0 Å². The average Bonchev–Trinajstić information content (AvgIpc) is 2.93. The minimum Gasteiger partial charge on any atom is -0.354 e. The molecule has 3 unspecified atom stereocenters. The van der Waals surface area contributed by atoms with Crippen LogP contribution >= 0.6 is 0 Å². The van der Waals surface area contributed by atoms with Crippen LogP contribution in [0.25, 0.3) is 0 Å². The van der Waals surface area contributed by atoms with E-state index in [1.54, 1.807) is 0 Å². The normalized spacial score (nSPS) is 38.6. The van der Waals surface area contributed by atoms with Gasteiger partial charge in [0.1, 0.15) is 0 Å². The molecule has 0 radical (unpaired) electrons. The molecule has 0 spiro atoms. The fourth-order valence-corrected chi connectivity index (χ4v) is 3.79. The number of rotatable bonds is 2. The molecule has 3 atom stereocenters. The number of nitrogens with zero attached hydrogens (tertiary/aromatic N) is 1. The number of piperidine rings is 1. The Morgan fingerprint density at radius 3 is 2.26 bits per heavy atom. The number of amides is 3. The quantitative estimate of drug-likeness (QED) is 0.746. The number of likely N-dealkylation sites (tertiary alicyclic amines) is 1. The van der Waals surface area contributed by atoms with Crippen molar-refractivity contribution in [3.8, 4) is 0 Å². The van der Waals surface area contributed by atoms with Crippen LogP contribution in [0.5, 0.6) is 0 Å². The molecule has 3 fully saturated rings. The first-order valence-electron chi connectivity index (χ1n) is 7.25. The highest BCUT2D eigenvalue weighted by Gasteiger charge is 2.54. The van der Waals surface area contributed by atoms with Gasteiger partial charge < -0.3 is 5.32 Å². The molecule has 3 rings (SSSR count). The van der Waals surface area contributed by atoms with E-state index in [4.69, 9.17) is 0 Å². The van der Waals surface area contributed by atoms with Crippen molar-refractivity contribution in [3.63, 3.8) is 0 Å². The lowest BCUT2D eigenvalue weighted by molar-refractivity contribution is -0.145. The molecular weight excluding hydrogens is 244 g/mol. The van der Waals surface area contributed by atoms with Crippen LogP contribution in [0.1, 0.15) is 39.0 Å². The molecule has 5 heteroatoms. The molecule has 104 valence electrons. The van der Waals surface area contributed by atoms with Gasteiger partial charge in [-0.3, -0.25) is 19.3 Å². The smallest absolute Gasteiger partial charge is 0.233 e. The molecule has 5 nitrogen and oxygen atoms in total. The Morgan fingerprint density at radius 1 is 1.16 bits per heavy atom. The van der Waals surface area contributed by atoms with Crippen molar-refractivity contribution < 1.29 is 14.4 Å². The van der Waals surface area contributed by atoms with Gasteiger partial charge in [-0.1, -0.05) is 13.3 Å². The zero-order chi connectivity index (χ0) is 13.6. The van der Waals surface area contributed by atoms with Gasteiger partial charge in [0.2, 0.25) is 17.7 Å². The molecule has 0 bridgehead atoms. The maximum atomic E-state index is 12.4. The molecule has 2 saturated heterocycles. The Kier molecular flexibility index (Phi) is 3.07. The highest BCUT2D eigenvalue weighted by Crippen LogP contribution is 2.45. The molecule has 0 aromatic carbocycles. The van der Waals surface area contributed by atoms with Crippen LogP contribution in [0.15, 0.2) is 0 Å². The van der Waals surface area contributed by atoms with Crippen LogP contribution in [-0.4, -0.2) is 35.2 Å². The summed E-state index contributed by atoms with van der Waals surface area (Å²) in [5, 5.41) is 2.75. The predicted octanol–water partition coefficient (Wildman–Crippen LogP) is 0.686. The number of nitrogens with one attached hydrogen (secondary N) is 1. The standard InChI is InChI=1S/C14H20N2O3/c1-2-8-5-10-11(6-8)14(19)16(13(10)18)9-3-4-12(17)15-7-9/h8-11H,2-7H2,1H3,(H,15,17). The fraction of sp³-hybridized carbons (Fsp3) is 0.786. The zero-order valence-corrected chi connectivity index (χ0v) is 11.2. The third-order valence-electron chi connectivity index (χ3n) is 4.95. The summed E-state index contributed by atoms with van der Waals surface area (Å²) in [4.78, 5) is 37.5. The number of imide groups is 1. The summed E-state index contributed by atoms with van der Waals surface area (Å²) >= 11 is 0. The first-order chi connectivity index (χ1) is 9.11. The minimum absolute atomic E-state index is 0.00657. The maximum absolute atomic E-state index is 12.4. The van der Waals surface area contributed by atoms with Crippen LogP contribution in [-0.2, 0) is 14.4 Å². The second-order valence-electron chi connectivity index (χ2n) is 6.00. The summed E-state index contributed by atoms with van der Waals surface area (Å²) in [6.45, 7) is 2.54. The molecule has 2 heterocycles. The monoisotopic (exact) mass is 264 g/mol. The molecule has 3 amide bonds. The molecule has 1 aliphatic carbocycles. The first kappa shape index (κ1) is 12.6. The average molecular weight is 264 g/mol. The Bertz CT molecular complexity index is 400. The van der Waals surface area contributed by atoms with E-state index < -0.39 is 0 Å². The van der Waals surface area contributed by atoms with Gasteiger partial charge in [-0.2, -0.15) is 0 Å². The van der Waals surface area contributed by atoms with Gasteiger partial charge in [-0.15, -0.1) is 0 Å². The van der Waals surface area contributed by atoms with Gasteiger partial charge in [0, 0.05) is 13.0 Å². The van der Waals surface area contributed by atoms with Gasteiger partial charge in [-0.25, -0.2) is 0 Å². The third kappa shape index (κ3) is 1.95. The van der Waals surface area contributed by atoms with E-state index in [1.165, 1.54) is 4.90 Å². The van der Waals surface area contributed by atoms with Crippen molar-refractivity contribution in [2.24, 2.45) is 17.8 Å². The van der Waals surface area contributed by atoms with Crippen molar-refractivity contribution in [2.75, 3.05) is 6.54 Å². The lowest BCUT2D eigenvalue weighted by atomic mass is 10.00. The Morgan fingerprint density at radius 2 is 1.79 bits per heavy atom. The Labute approximate surface area is 112 Å². The highest BCUT2D eigenvalue weighted by molar-refractivity contribution is 6.06. The maximum Gasteiger partial charge on any atom is 0.233 e. The van der Waals surface area contributed by atoms with E-state index in [-0.39, 0.29) is 35.6 Å². The number of hydrogen-bond donors (Lipinski definition) is 1. The van der Waals surface area contributed by atoms with Gasteiger partial charge >= 0.3 is 0 Å². The van der Waals surface area contributed by atoms with E-state index in [9.17, 15) is 14.4 Å². The summed E-state index contributed by atoms with van der Waals surface area (Å²) in [6.07, 6.45) is 3.80. The second kappa shape index (κ2) is 4.62. The first-order valence-corrected chi connectivity index (χ1v) is 7.25. The summed E-state index contributed by atoms with van der Waals surface area (Å²) in [6, 6.07) is -0.122. The van der Waals surface area contributed by atoms with Gasteiger partial charge in [0.25, 0.3) is 0 Å². The lowest BCUT2D eigenvalue weighted by Gasteiger charge is -2.30. The van der Waals surface area contributed by atoms with E-state index in [0.29, 0.717) is 25.3 Å². The number of hydrogen-bond acceptors (Lipinski definition) is 3. The SMILES string of the molecule is CCC1CC2C(=O)N(C3CCC(=O)NC3)C(=O)C2C1. The van der Waals surface area contributed by atoms with Crippen molar-refractivity contribution in [1.82, 2.24) is 10.2 Å². The Balaban J connectivity index is 1.74. The van der Waals surface area contributed by atoms with Crippen LogP contribution in [0.2, 0.25) is 0 Å². The highest BCUT2D eigenvalue weighted by atomic mass is 16.2. The number of fused-ring (bicyclic) bond motifs is 1. The molecule has 1 saturated carbocycles. The molecule has 0 aromatic rings. The predicted molar refractivity (Wildman–Crippen MR) is 67.9 cm³/mol. The van der Waals surface area contributed by atoms with Crippen molar-refractivity contribution in [2.45, 2.75) is 45.1 Å². The van der Waals surface area contributed by atoms with Crippen LogP contribution < -0.4 is 5.32 Å². The summed E-state index contributed by atoms with van der Waals surface area (Å²) in [5.41, 5.74) is 0. The number of carbonyl (C=O) groups excluding carboxylic acids is 3. The molecule has 19 heavy (non-hydrogen) atoms. The summed E-state index contributed by atoms with van der Waals surface area (Å²) < 4.78 is 0. The van der Waals surface area contributed by atoms with Gasteiger partial charge in [0.15, 0.2) is 0 Å². The molecular formula is C14H20N2O3. The van der Waals surface area contributed by atoms with Crippen molar-refractivity contribution >= 4 is 17.7 Å².